The molecule has 3 heteroatoms. The number of aliphatic hydroxyl groups excluding tert-OH is 1. The zero-order valence-corrected chi connectivity index (χ0v) is 7.69. The Morgan fingerprint density at radius 3 is 2.36 bits per heavy atom. The SMILES string of the molecule is C/C(O)=C(\C#N)C(=O)c1ccccc1. The highest BCUT2D eigenvalue weighted by molar-refractivity contribution is 6.11. The molecule has 1 N–H and O–H groups in total. The van der Waals surface area contributed by atoms with Crippen molar-refractivity contribution in [1.29, 1.82) is 5.26 Å². The van der Waals surface area contributed by atoms with Crippen molar-refractivity contribution in [3.8, 4) is 6.07 Å². The molecule has 70 valence electrons. The number of allylic oxidation sites excluding steroid dienone is 2. The Balaban J connectivity index is 3.11. The molecule has 0 aliphatic carbocycles. The molecule has 0 aliphatic heterocycles. The molecule has 0 aromatic heterocycles. The van der Waals surface area contributed by atoms with Crippen LogP contribution in [0.15, 0.2) is 41.7 Å². The van der Waals surface area contributed by atoms with Crippen molar-refractivity contribution in [2.45, 2.75) is 6.92 Å². The van der Waals surface area contributed by atoms with E-state index in [9.17, 15) is 4.79 Å². The maximum Gasteiger partial charge on any atom is 0.206 e. The molecule has 0 heterocycles. The first kappa shape index (κ1) is 10.0. The average molecular weight is 187 g/mol. The van der Waals surface area contributed by atoms with Gasteiger partial charge in [0.1, 0.15) is 17.4 Å². The molecule has 1 aromatic carbocycles. The molecule has 0 saturated carbocycles. The minimum atomic E-state index is -0.451. The van der Waals surface area contributed by atoms with Crippen LogP contribution >= 0.6 is 0 Å². The van der Waals surface area contributed by atoms with Crippen molar-refractivity contribution in [1.82, 2.24) is 0 Å². The summed E-state index contributed by atoms with van der Waals surface area (Å²) in [5, 5.41) is 17.7. The van der Waals surface area contributed by atoms with Gasteiger partial charge in [-0.05, 0) is 6.92 Å². The van der Waals surface area contributed by atoms with E-state index < -0.39 is 5.78 Å². The van der Waals surface area contributed by atoms with Crippen molar-refractivity contribution < 1.29 is 9.90 Å². The van der Waals surface area contributed by atoms with Gasteiger partial charge in [0, 0.05) is 5.56 Å². The number of aliphatic hydroxyl groups is 1. The number of rotatable bonds is 2. The molecule has 0 saturated heterocycles. The molecule has 0 atom stereocenters. The number of Topliss-reactive ketones (excluding diaryl/α,β-unsaturated/α-hetero) is 1. The average Bonchev–Trinajstić information content (AvgIpc) is 2.19. The number of ketones is 1. The van der Waals surface area contributed by atoms with Gasteiger partial charge in [-0.1, -0.05) is 30.3 Å². The summed E-state index contributed by atoms with van der Waals surface area (Å²) in [6.45, 7) is 1.32. The van der Waals surface area contributed by atoms with Crippen molar-refractivity contribution in [3.63, 3.8) is 0 Å². The number of carbonyl (C=O) groups excluding carboxylic acids is 1. The van der Waals surface area contributed by atoms with Crippen LogP contribution in [0.1, 0.15) is 17.3 Å². The van der Waals surface area contributed by atoms with Crippen LogP contribution in [0, 0.1) is 11.3 Å². The highest BCUT2D eigenvalue weighted by atomic mass is 16.3. The summed E-state index contributed by atoms with van der Waals surface area (Å²) < 4.78 is 0. The van der Waals surface area contributed by atoms with Gasteiger partial charge in [-0.3, -0.25) is 4.79 Å². The molecular formula is C11H9NO2. The predicted octanol–water partition coefficient (Wildman–Crippen LogP) is 2.22. The molecule has 0 aliphatic rings. The molecule has 14 heavy (non-hydrogen) atoms. The summed E-state index contributed by atoms with van der Waals surface area (Å²) in [5.74, 6) is -0.700. The zero-order chi connectivity index (χ0) is 10.6. The maximum atomic E-state index is 11.6. The fraction of sp³-hybridized carbons (Fsp3) is 0.0909. The van der Waals surface area contributed by atoms with Crippen molar-refractivity contribution in [2.24, 2.45) is 0 Å². The number of carbonyl (C=O) groups is 1. The summed E-state index contributed by atoms with van der Waals surface area (Å²) in [7, 11) is 0. The molecule has 0 spiro atoms. The van der Waals surface area contributed by atoms with E-state index in [1.54, 1.807) is 36.4 Å². The van der Waals surface area contributed by atoms with E-state index in [-0.39, 0.29) is 11.3 Å². The fourth-order valence-electron chi connectivity index (χ4n) is 1.03. The Morgan fingerprint density at radius 1 is 1.36 bits per heavy atom. The summed E-state index contributed by atoms with van der Waals surface area (Å²) in [6, 6.07) is 10.1. The maximum absolute atomic E-state index is 11.6. The van der Waals surface area contributed by atoms with E-state index in [1.807, 2.05) is 0 Å². The Labute approximate surface area is 81.9 Å². The van der Waals surface area contributed by atoms with Gasteiger partial charge in [-0.2, -0.15) is 5.26 Å². The minimum absolute atomic E-state index is 0.212. The van der Waals surface area contributed by atoms with Crippen LogP contribution < -0.4 is 0 Å². The van der Waals surface area contributed by atoms with Gasteiger partial charge in [-0.25, -0.2) is 0 Å². The van der Waals surface area contributed by atoms with E-state index in [0.29, 0.717) is 5.56 Å². The second-order valence-corrected chi connectivity index (χ2v) is 2.77. The number of nitrogens with zero attached hydrogens (tertiary/aromatic N) is 1. The van der Waals surface area contributed by atoms with Crippen LogP contribution in [0.5, 0.6) is 0 Å². The number of hydrogen-bond acceptors (Lipinski definition) is 3. The normalized spacial score (nSPS) is 11.4. The summed E-state index contributed by atoms with van der Waals surface area (Å²) in [5.41, 5.74) is 0.189. The van der Waals surface area contributed by atoms with Gasteiger partial charge < -0.3 is 5.11 Å². The largest absolute Gasteiger partial charge is 0.511 e. The second kappa shape index (κ2) is 4.24. The smallest absolute Gasteiger partial charge is 0.206 e. The number of nitriles is 1. The van der Waals surface area contributed by atoms with E-state index in [4.69, 9.17) is 10.4 Å². The Kier molecular flexibility index (Phi) is 3.03. The molecule has 0 amide bonds. The Hall–Kier alpha value is -2.08. The predicted molar refractivity (Wildman–Crippen MR) is 51.7 cm³/mol. The molecule has 0 fully saturated rings. The van der Waals surface area contributed by atoms with Gasteiger partial charge >= 0.3 is 0 Å². The van der Waals surface area contributed by atoms with Gasteiger partial charge in [0.15, 0.2) is 0 Å². The standard InChI is InChI=1S/C11H9NO2/c1-8(13)10(7-12)11(14)9-5-3-2-4-6-9/h2-6,13H,1H3/b10-8-. The van der Waals surface area contributed by atoms with E-state index in [1.165, 1.54) is 6.92 Å². The van der Waals surface area contributed by atoms with Crippen molar-refractivity contribution >= 4 is 5.78 Å². The third-order valence-electron chi connectivity index (χ3n) is 1.74. The molecule has 1 aromatic rings. The third kappa shape index (κ3) is 1.99. The first-order valence-electron chi connectivity index (χ1n) is 4.06. The number of hydrogen-bond donors (Lipinski definition) is 1. The van der Waals surface area contributed by atoms with Crippen molar-refractivity contribution in [2.75, 3.05) is 0 Å². The first-order valence-corrected chi connectivity index (χ1v) is 4.06. The summed E-state index contributed by atoms with van der Waals surface area (Å²) in [4.78, 5) is 11.6. The van der Waals surface area contributed by atoms with Crippen LogP contribution in [-0.2, 0) is 0 Å². The van der Waals surface area contributed by atoms with Gasteiger partial charge in [0.05, 0.1) is 0 Å². The topological polar surface area (TPSA) is 61.1 Å². The van der Waals surface area contributed by atoms with E-state index >= 15 is 0 Å². The van der Waals surface area contributed by atoms with Gasteiger partial charge in [-0.15, -0.1) is 0 Å². The molecule has 0 unspecified atom stereocenters. The minimum Gasteiger partial charge on any atom is -0.511 e. The second-order valence-electron chi connectivity index (χ2n) is 2.77. The molecular weight excluding hydrogens is 178 g/mol. The van der Waals surface area contributed by atoms with Crippen LogP contribution in [0.2, 0.25) is 0 Å². The zero-order valence-electron chi connectivity index (χ0n) is 7.69. The lowest BCUT2D eigenvalue weighted by Crippen LogP contribution is -2.03. The fourth-order valence-corrected chi connectivity index (χ4v) is 1.03. The monoisotopic (exact) mass is 187 g/mol. The first-order chi connectivity index (χ1) is 6.66. The van der Waals surface area contributed by atoms with E-state index in [2.05, 4.69) is 0 Å². The van der Waals surface area contributed by atoms with Gasteiger partial charge in [0.2, 0.25) is 5.78 Å². The summed E-state index contributed by atoms with van der Waals surface area (Å²) in [6.07, 6.45) is 0. The third-order valence-corrected chi connectivity index (χ3v) is 1.74. The quantitative estimate of drug-likeness (QED) is 0.334. The lowest BCUT2D eigenvalue weighted by atomic mass is 10.0. The Morgan fingerprint density at radius 2 is 1.93 bits per heavy atom. The van der Waals surface area contributed by atoms with Gasteiger partial charge in [0.25, 0.3) is 0 Å². The van der Waals surface area contributed by atoms with Crippen LogP contribution in [0.3, 0.4) is 0 Å². The highest BCUT2D eigenvalue weighted by Gasteiger charge is 2.13. The lowest BCUT2D eigenvalue weighted by molar-refractivity contribution is 0.103. The highest BCUT2D eigenvalue weighted by Crippen LogP contribution is 2.09. The van der Waals surface area contributed by atoms with Crippen LogP contribution in [0.4, 0.5) is 0 Å². The number of benzene rings is 1. The lowest BCUT2D eigenvalue weighted by Gasteiger charge is -1.99. The molecule has 1 rings (SSSR count). The van der Waals surface area contributed by atoms with Crippen LogP contribution in [-0.4, -0.2) is 10.9 Å². The molecule has 3 nitrogen and oxygen atoms in total. The Bertz CT molecular complexity index is 409. The van der Waals surface area contributed by atoms with Crippen molar-refractivity contribution in [3.05, 3.63) is 47.2 Å². The molecule has 0 bridgehead atoms. The summed E-state index contributed by atoms with van der Waals surface area (Å²) >= 11 is 0. The van der Waals surface area contributed by atoms with Crippen LogP contribution in [0.25, 0.3) is 0 Å². The van der Waals surface area contributed by atoms with E-state index in [0.717, 1.165) is 0 Å². The molecule has 0 radical (unpaired) electrons.